The Labute approximate surface area is 325 Å². The van der Waals surface area contributed by atoms with Gasteiger partial charge in [0, 0.05) is 53.7 Å². The van der Waals surface area contributed by atoms with Gasteiger partial charge in [0.1, 0.15) is 0 Å². The van der Waals surface area contributed by atoms with Gasteiger partial charge in [0.05, 0.1) is 11.0 Å². The predicted molar refractivity (Wildman–Crippen MR) is 231 cm³/mol. The van der Waals surface area contributed by atoms with E-state index < -0.39 is 0 Å². The van der Waals surface area contributed by atoms with Crippen LogP contribution in [-0.4, -0.2) is 4.57 Å². The van der Waals surface area contributed by atoms with Crippen LogP contribution in [0.25, 0.3) is 58.8 Å². The first-order valence-corrected chi connectivity index (χ1v) is 21.0. The van der Waals surface area contributed by atoms with Crippen LogP contribution in [-0.2, 0) is 5.41 Å². The summed E-state index contributed by atoms with van der Waals surface area (Å²) in [5, 5.41) is 5.25. The number of rotatable bonds is 6. The first-order valence-electron chi connectivity index (χ1n) is 20.2. The molecule has 2 aromatic heterocycles. The molecule has 0 radical (unpaired) electrons. The summed E-state index contributed by atoms with van der Waals surface area (Å²) in [6, 6.07) is 61.5. The molecule has 4 aliphatic carbocycles. The number of hydrogen-bond acceptors (Lipinski definition) is 2. The first kappa shape index (κ1) is 30.7. The second-order valence-electron chi connectivity index (χ2n) is 17.2. The molecule has 4 saturated carbocycles. The molecule has 2 heterocycles. The average Bonchev–Trinajstić information content (AvgIpc) is 3.96. The molecular formula is C52H40N2S. The third-order valence-corrected chi connectivity index (χ3v) is 16.0. The highest BCUT2D eigenvalue weighted by Crippen LogP contribution is 2.84. The maximum Gasteiger partial charge on any atom is 0.0541 e. The normalized spacial score (nSPS) is 24.7. The maximum atomic E-state index is 2.57. The van der Waals surface area contributed by atoms with E-state index in [9.17, 15) is 0 Å². The fourth-order valence-electron chi connectivity index (χ4n) is 12.5. The van der Waals surface area contributed by atoms with Crippen molar-refractivity contribution in [1.82, 2.24) is 4.57 Å². The minimum absolute atomic E-state index is 0.362. The minimum atomic E-state index is 0.362. The van der Waals surface area contributed by atoms with Gasteiger partial charge in [-0.25, -0.2) is 0 Å². The summed E-state index contributed by atoms with van der Waals surface area (Å²) in [5.74, 6) is 2.97. The van der Waals surface area contributed by atoms with Gasteiger partial charge in [0.25, 0.3) is 0 Å². The molecule has 264 valence electrons. The van der Waals surface area contributed by atoms with E-state index in [0.29, 0.717) is 10.8 Å². The number of fused-ring (bicyclic) bond motifs is 7. The summed E-state index contributed by atoms with van der Waals surface area (Å²) < 4.78 is 5.10. The zero-order valence-electron chi connectivity index (χ0n) is 30.7. The van der Waals surface area contributed by atoms with Crippen LogP contribution in [0.3, 0.4) is 0 Å². The molecule has 2 bridgehead atoms. The van der Waals surface area contributed by atoms with Crippen LogP contribution in [0.15, 0.2) is 164 Å². The van der Waals surface area contributed by atoms with Crippen LogP contribution in [0.5, 0.6) is 0 Å². The molecule has 55 heavy (non-hydrogen) atoms. The number of thiophene rings is 1. The monoisotopic (exact) mass is 724 g/mol. The van der Waals surface area contributed by atoms with Crippen LogP contribution in [0, 0.1) is 23.2 Å². The van der Waals surface area contributed by atoms with Crippen molar-refractivity contribution in [2.45, 2.75) is 37.5 Å². The van der Waals surface area contributed by atoms with Crippen molar-refractivity contribution in [3.63, 3.8) is 0 Å². The van der Waals surface area contributed by atoms with Crippen LogP contribution < -0.4 is 4.90 Å². The molecule has 0 amide bonds. The summed E-state index contributed by atoms with van der Waals surface area (Å²) in [7, 11) is 0. The Morgan fingerprint density at radius 1 is 0.491 bits per heavy atom. The zero-order valence-corrected chi connectivity index (χ0v) is 31.5. The Kier molecular flexibility index (Phi) is 6.12. The van der Waals surface area contributed by atoms with Crippen molar-refractivity contribution < 1.29 is 0 Å². The summed E-state index contributed by atoms with van der Waals surface area (Å²) in [6.45, 7) is 0. The highest BCUT2D eigenvalue weighted by molar-refractivity contribution is 7.25. The third-order valence-electron chi connectivity index (χ3n) is 14.8. The van der Waals surface area contributed by atoms with Gasteiger partial charge in [-0.15, -0.1) is 11.3 Å². The minimum Gasteiger partial charge on any atom is -0.310 e. The van der Waals surface area contributed by atoms with Crippen LogP contribution in [0.4, 0.5) is 17.1 Å². The average molecular weight is 725 g/mol. The van der Waals surface area contributed by atoms with Crippen molar-refractivity contribution >= 4 is 70.4 Å². The van der Waals surface area contributed by atoms with Crippen LogP contribution in [0.2, 0.25) is 0 Å². The second kappa shape index (κ2) is 11.0. The molecule has 2 nitrogen and oxygen atoms in total. The molecule has 0 unspecified atom stereocenters. The molecule has 7 aromatic carbocycles. The molecular weight excluding hydrogens is 685 g/mol. The molecule has 9 aromatic rings. The Bertz CT molecular complexity index is 2950. The van der Waals surface area contributed by atoms with Gasteiger partial charge in [-0.05, 0) is 150 Å². The third kappa shape index (κ3) is 4.14. The summed E-state index contributed by atoms with van der Waals surface area (Å²) in [6.07, 6.45) is 7.22. The van der Waals surface area contributed by atoms with E-state index in [1.54, 1.807) is 5.56 Å². The quantitative estimate of drug-likeness (QED) is 0.166. The smallest absolute Gasteiger partial charge is 0.0541 e. The van der Waals surface area contributed by atoms with Crippen molar-refractivity contribution in [3.8, 4) is 16.8 Å². The number of nitrogens with zero attached hydrogens (tertiary/aromatic N) is 2. The largest absolute Gasteiger partial charge is 0.310 e. The summed E-state index contributed by atoms with van der Waals surface area (Å²) >= 11 is 1.89. The van der Waals surface area contributed by atoms with Gasteiger partial charge in [0.2, 0.25) is 0 Å². The van der Waals surface area contributed by atoms with Crippen molar-refractivity contribution in [1.29, 1.82) is 0 Å². The Morgan fingerprint density at radius 2 is 1.15 bits per heavy atom. The van der Waals surface area contributed by atoms with E-state index >= 15 is 0 Å². The van der Waals surface area contributed by atoms with Crippen LogP contribution >= 0.6 is 11.3 Å². The Morgan fingerprint density at radius 3 is 1.89 bits per heavy atom. The Hall–Kier alpha value is -5.64. The second-order valence-corrected chi connectivity index (χ2v) is 18.3. The van der Waals surface area contributed by atoms with Crippen LogP contribution in [0.1, 0.15) is 37.7 Å². The molecule has 0 saturated heterocycles. The van der Waals surface area contributed by atoms with E-state index in [1.807, 2.05) is 11.3 Å². The van der Waals surface area contributed by atoms with E-state index in [4.69, 9.17) is 0 Å². The lowest BCUT2D eigenvalue weighted by Crippen LogP contribution is -2.59. The number of anilines is 3. The van der Waals surface area contributed by atoms with Gasteiger partial charge in [0.15, 0.2) is 0 Å². The van der Waals surface area contributed by atoms with Gasteiger partial charge in [-0.3, -0.25) is 0 Å². The first-order chi connectivity index (χ1) is 27.1. The fourth-order valence-corrected chi connectivity index (χ4v) is 13.6. The molecule has 1 spiro atoms. The molecule has 13 rings (SSSR count). The lowest BCUT2D eigenvalue weighted by atomic mass is 9.38. The lowest BCUT2D eigenvalue weighted by molar-refractivity contribution is -0.175. The molecule has 0 aliphatic heterocycles. The molecule has 4 fully saturated rings. The zero-order chi connectivity index (χ0) is 35.9. The molecule has 0 N–H and O–H groups in total. The SMILES string of the molecule is c1cc(-c2ccc(N(c3cccc(C45C[C@@H]6CC7C[C@@H](C4)C76C5)c3)c3ccc4sc5ccccc5c4c3)cc2)cc(-n2c3ccccc3c3ccccc32)c1. The topological polar surface area (TPSA) is 8.17 Å². The lowest BCUT2D eigenvalue weighted by Gasteiger charge is -2.66. The van der Waals surface area contributed by atoms with E-state index in [1.165, 1.54) is 108 Å². The van der Waals surface area contributed by atoms with Gasteiger partial charge in [-0.2, -0.15) is 0 Å². The summed E-state index contributed by atoms with van der Waals surface area (Å²) in [4.78, 5) is 2.51. The maximum absolute atomic E-state index is 2.57. The standard InChI is InChI=1S/C52H40N2S/c1-4-16-47-43(13-1)44-14-2-5-17-48(44)54(47)40-11-7-9-34(25-40)33-19-21-39(22-20-33)53(42-23-24-50-46(29-42)45-15-3-6-18-49(45)55-50)41-12-8-10-35(28-41)51-30-37-26-36-27-38(31-51)52(36,37)32-51/h1-25,28-29,36-38H,26-27,30-32H2/t36?,37-,38-,51?,52?/m0/s1. The van der Waals surface area contributed by atoms with Crippen molar-refractivity contribution in [2.24, 2.45) is 23.2 Å². The van der Waals surface area contributed by atoms with Gasteiger partial charge < -0.3 is 9.47 Å². The number of aromatic nitrogens is 1. The number of para-hydroxylation sites is 2. The number of hydrogen-bond donors (Lipinski definition) is 0. The van der Waals surface area contributed by atoms with Gasteiger partial charge >= 0.3 is 0 Å². The predicted octanol–water partition coefficient (Wildman–Crippen LogP) is 14.4. The number of benzene rings is 7. The highest BCUT2D eigenvalue weighted by atomic mass is 32.1. The summed E-state index contributed by atoms with van der Waals surface area (Å²) in [5.41, 5.74) is 12.4. The Balaban J connectivity index is 0.921. The van der Waals surface area contributed by atoms with E-state index in [-0.39, 0.29) is 0 Å². The van der Waals surface area contributed by atoms with E-state index in [2.05, 4.69) is 173 Å². The van der Waals surface area contributed by atoms with E-state index in [0.717, 1.165) is 17.8 Å². The van der Waals surface area contributed by atoms with Crippen molar-refractivity contribution in [3.05, 3.63) is 169 Å². The fraction of sp³-hybridized carbons (Fsp3) is 0.192. The molecule has 2 atom stereocenters. The van der Waals surface area contributed by atoms with Gasteiger partial charge in [-0.1, -0.05) is 91.0 Å². The molecule has 3 heteroatoms. The molecule has 4 aliphatic rings. The highest BCUT2D eigenvalue weighted by Gasteiger charge is 2.77. The van der Waals surface area contributed by atoms with Crippen molar-refractivity contribution in [2.75, 3.05) is 4.90 Å².